The van der Waals surface area contributed by atoms with E-state index < -0.39 is 29.1 Å². The second kappa shape index (κ2) is 5.80. The van der Waals surface area contributed by atoms with Crippen LogP contribution in [0.2, 0.25) is 5.02 Å². The fraction of sp³-hybridized carbons (Fsp3) is 0.500. The van der Waals surface area contributed by atoms with Crippen molar-refractivity contribution in [3.63, 3.8) is 0 Å². The highest BCUT2D eigenvalue weighted by molar-refractivity contribution is 6.30. The number of rotatable bonds is 4. The van der Waals surface area contributed by atoms with Crippen LogP contribution in [0.1, 0.15) is 45.1 Å². The number of ether oxygens (including phenoxy) is 1. The minimum Gasteiger partial charge on any atom is -0.481 e. The molecule has 0 aromatic heterocycles. The summed E-state index contributed by atoms with van der Waals surface area (Å²) in [4.78, 5) is 23.7. The summed E-state index contributed by atoms with van der Waals surface area (Å²) < 4.78 is 5.23. The number of carbonyl (C=O) groups is 2. The van der Waals surface area contributed by atoms with Crippen LogP contribution in [0.3, 0.4) is 0 Å². The standard InChI is InChI=1S/C16H20ClNO4/c1-15(2,3)22-14(21)18-16(8-9-16)12(13(19)20)10-4-6-11(17)7-5-10/h4-7,12H,8-9H2,1-3H3,(H,18,21)(H,19,20). The van der Waals surface area contributed by atoms with Gasteiger partial charge in [-0.15, -0.1) is 0 Å². The number of carbonyl (C=O) groups excluding carboxylic acids is 1. The third-order valence-electron chi connectivity index (χ3n) is 3.54. The first-order valence-corrected chi connectivity index (χ1v) is 7.50. The molecule has 0 bridgehead atoms. The Morgan fingerprint density at radius 3 is 2.23 bits per heavy atom. The van der Waals surface area contributed by atoms with Crippen LogP contribution in [0.15, 0.2) is 24.3 Å². The van der Waals surface area contributed by atoms with Crippen LogP contribution in [0.4, 0.5) is 4.79 Å². The Hall–Kier alpha value is -1.75. The van der Waals surface area contributed by atoms with Crippen molar-refractivity contribution in [2.24, 2.45) is 0 Å². The van der Waals surface area contributed by atoms with Crippen molar-refractivity contribution in [2.75, 3.05) is 0 Å². The topological polar surface area (TPSA) is 75.6 Å². The molecule has 0 aliphatic heterocycles. The van der Waals surface area contributed by atoms with E-state index in [-0.39, 0.29) is 0 Å². The lowest BCUT2D eigenvalue weighted by Crippen LogP contribution is -2.46. The number of alkyl carbamates (subject to hydrolysis) is 1. The molecule has 22 heavy (non-hydrogen) atoms. The first-order chi connectivity index (χ1) is 10.1. The normalized spacial score (nSPS) is 17.5. The van der Waals surface area contributed by atoms with E-state index in [9.17, 15) is 14.7 Å². The minimum atomic E-state index is -0.976. The molecule has 120 valence electrons. The lowest BCUT2D eigenvalue weighted by atomic mass is 9.89. The molecule has 0 radical (unpaired) electrons. The second-order valence-electron chi connectivity index (χ2n) is 6.61. The molecular formula is C16H20ClNO4. The highest BCUT2D eigenvalue weighted by Crippen LogP contribution is 2.47. The molecule has 6 heteroatoms. The number of carboxylic acid groups (broad SMARTS) is 1. The molecule has 1 saturated carbocycles. The van der Waals surface area contributed by atoms with E-state index in [1.165, 1.54) is 0 Å². The van der Waals surface area contributed by atoms with Gasteiger partial charge in [0.05, 0.1) is 5.54 Å². The average molecular weight is 326 g/mol. The molecule has 1 aromatic rings. The van der Waals surface area contributed by atoms with E-state index in [0.717, 1.165) is 0 Å². The molecule has 1 atom stereocenters. The summed E-state index contributed by atoms with van der Waals surface area (Å²) in [6.07, 6.45) is 0.614. The summed E-state index contributed by atoms with van der Waals surface area (Å²) in [5.41, 5.74) is -0.799. The Morgan fingerprint density at radius 2 is 1.82 bits per heavy atom. The van der Waals surface area contributed by atoms with Gasteiger partial charge in [0.1, 0.15) is 11.5 Å². The van der Waals surface area contributed by atoms with Crippen molar-refractivity contribution < 1.29 is 19.4 Å². The maximum Gasteiger partial charge on any atom is 0.408 e. The van der Waals surface area contributed by atoms with E-state index in [2.05, 4.69) is 5.32 Å². The smallest absolute Gasteiger partial charge is 0.408 e. The molecule has 0 saturated heterocycles. The van der Waals surface area contributed by atoms with Crippen molar-refractivity contribution in [1.29, 1.82) is 0 Å². The van der Waals surface area contributed by atoms with Gasteiger partial charge in [0.15, 0.2) is 0 Å². The molecule has 1 aliphatic rings. The van der Waals surface area contributed by atoms with Crippen LogP contribution < -0.4 is 5.32 Å². The van der Waals surface area contributed by atoms with Crippen molar-refractivity contribution in [3.05, 3.63) is 34.9 Å². The number of nitrogens with one attached hydrogen (secondary N) is 1. The summed E-state index contributed by atoms with van der Waals surface area (Å²) in [5.74, 6) is -1.80. The fourth-order valence-electron chi connectivity index (χ4n) is 2.48. The molecule has 2 rings (SSSR count). The highest BCUT2D eigenvalue weighted by Gasteiger charge is 2.55. The van der Waals surface area contributed by atoms with Gasteiger partial charge in [0, 0.05) is 5.02 Å². The number of carboxylic acids is 1. The molecule has 1 aliphatic carbocycles. The SMILES string of the molecule is CC(C)(C)OC(=O)NC1(C(C(=O)O)c2ccc(Cl)cc2)CC1. The molecule has 0 heterocycles. The predicted molar refractivity (Wildman–Crippen MR) is 83.2 cm³/mol. The minimum absolute atomic E-state index is 0.540. The molecular weight excluding hydrogens is 306 g/mol. The van der Waals surface area contributed by atoms with E-state index in [1.54, 1.807) is 45.0 Å². The van der Waals surface area contributed by atoms with Crippen LogP contribution in [0.25, 0.3) is 0 Å². The van der Waals surface area contributed by atoms with Gasteiger partial charge in [-0.25, -0.2) is 4.79 Å². The van der Waals surface area contributed by atoms with Crippen LogP contribution in [-0.4, -0.2) is 28.3 Å². The molecule has 1 aromatic carbocycles. The van der Waals surface area contributed by atoms with E-state index in [1.807, 2.05) is 0 Å². The summed E-state index contributed by atoms with van der Waals surface area (Å²) in [6, 6.07) is 6.66. The van der Waals surface area contributed by atoms with Crippen molar-refractivity contribution >= 4 is 23.7 Å². The third kappa shape index (κ3) is 3.91. The Kier molecular flexibility index (Phi) is 4.38. The largest absolute Gasteiger partial charge is 0.481 e. The van der Waals surface area contributed by atoms with Gasteiger partial charge in [-0.2, -0.15) is 0 Å². The Morgan fingerprint density at radius 1 is 1.27 bits per heavy atom. The second-order valence-corrected chi connectivity index (χ2v) is 7.04. The van der Waals surface area contributed by atoms with E-state index in [4.69, 9.17) is 16.3 Å². The molecule has 1 amide bonds. The van der Waals surface area contributed by atoms with Gasteiger partial charge in [0.2, 0.25) is 0 Å². The summed E-state index contributed by atoms with van der Waals surface area (Å²) in [7, 11) is 0. The lowest BCUT2D eigenvalue weighted by Gasteiger charge is -2.27. The number of amides is 1. The quantitative estimate of drug-likeness (QED) is 0.887. The Bertz CT molecular complexity index is 573. The van der Waals surface area contributed by atoms with Crippen molar-refractivity contribution in [3.8, 4) is 0 Å². The zero-order chi connectivity index (χ0) is 16.5. The molecule has 0 spiro atoms. The van der Waals surface area contributed by atoms with Crippen molar-refractivity contribution in [1.82, 2.24) is 5.32 Å². The van der Waals surface area contributed by atoms with E-state index >= 15 is 0 Å². The third-order valence-corrected chi connectivity index (χ3v) is 3.79. The summed E-state index contributed by atoms with van der Waals surface area (Å²) in [5, 5.41) is 12.9. The maximum atomic E-state index is 12.0. The summed E-state index contributed by atoms with van der Waals surface area (Å²) in [6.45, 7) is 5.29. The monoisotopic (exact) mass is 325 g/mol. The number of benzene rings is 1. The van der Waals surface area contributed by atoms with Gasteiger partial charge >= 0.3 is 12.1 Å². The number of halogens is 1. The molecule has 1 unspecified atom stereocenters. The zero-order valence-electron chi connectivity index (χ0n) is 12.9. The number of aliphatic carboxylic acids is 1. The number of hydrogen-bond acceptors (Lipinski definition) is 3. The Balaban J connectivity index is 2.19. The lowest BCUT2D eigenvalue weighted by molar-refractivity contribution is -0.139. The van der Waals surface area contributed by atoms with Crippen LogP contribution in [0, 0.1) is 0 Å². The fourth-order valence-corrected chi connectivity index (χ4v) is 2.61. The van der Waals surface area contributed by atoms with Gasteiger partial charge in [-0.3, -0.25) is 4.79 Å². The van der Waals surface area contributed by atoms with E-state index in [0.29, 0.717) is 23.4 Å². The van der Waals surface area contributed by atoms with Crippen LogP contribution >= 0.6 is 11.6 Å². The molecule has 1 fully saturated rings. The first kappa shape index (κ1) is 16.6. The van der Waals surface area contributed by atoms with Crippen LogP contribution in [-0.2, 0) is 9.53 Å². The maximum absolute atomic E-state index is 12.0. The van der Waals surface area contributed by atoms with Gasteiger partial charge < -0.3 is 15.2 Å². The predicted octanol–water partition coefficient (Wildman–Crippen LogP) is 3.57. The Labute approximate surface area is 134 Å². The van der Waals surface area contributed by atoms with Gasteiger partial charge in [0.25, 0.3) is 0 Å². The van der Waals surface area contributed by atoms with Crippen LogP contribution in [0.5, 0.6) is 0 Å². The molecule has 5 nitrogen and oxygen atoms in total. The van der Waals surface area contributed by atoms with Crippen molar-refractivity contribution in [2.45, 2.75) is 50.7 Å². The first-order valence-electron chi connectivity index (χ1n) is 7.12. The average Bonchev–Trinajstić information content (AvgIpc) is 3.09. The zero-order valence-corrected chi connectivity index (χ0v) is 13.6. The van der Waals surface area contributed by atoms with Gasteiger partial charge in [-0.05, 0) is 51.3 Å². The highest BCUT2D eigenvalue weighted by atomic mass is 35.5. The summed E-state index contributed by atoms with van der Waals surface area (Å²) >= 11 is 5.85. The molecule has 2 N–H and O–H groups in total. The van der Waals surface area contributed by atoms with Gasteiger partial charge in [-0.1, -0.05) is 23.7 Å². The number of hydrogen-bond donors (Lipinski definition) is 2.